The van der Waals surface area contributed by atoms with Crippen LogP contribution in [0, 0.1) is 20.8 Å². The monoisotopic (exact) mass is 438 g/mol. The van der Waals surface area contributed by atoms with Crippen LogP contribution in [0.25, 0.3) is 11.1 Å². The standard InChI is InChI=1S/C19H19ClN2O6S/c1-9-5-10(2)16(11(3)6-9)17(18(23)24)22(4)29(26,27)15-8-14-13(7-12(15)20)21-19(25)28-14/h5-8,17H,1-4H3,(H,21,25)(H,23,24). The molecule has 1 unspecified atom stereocenters. The summed E-state index contributed by atoms with van der Waals surface area (Å²) in [7, 11) is -3.16. The number of halogens is 1. The zero-order valence-corrected chi connectivity index (χ0v) is 17.7. The summed E-state index contributed by atoms with van der Waals surface area (Å²) >= 11 is 6.14. The molecule has 10 heteroatoms. The molecular formula is C19H19ClN2O6S. The van der Waals surface area contributed by atoms with E-state index >= 15 is 0 Å². The van der Waals surface area contributed by atoms with Gasteiger partial charge < -0.3 is 9.52 Å². The Morgan fingerprint density at radius 2 is 1.76 bits per heavy atom. The number of hydrogen-bond donors (Lipinski definition) is 2. The summed E-state index contributed by atoms with van der Waals surface area (Å²) < 4.78 is 32.2. The predicted octanol–water partition coefficient (Wildman–Crippen LogP) is 3.15. The molecule has 2 N–H and O–H groups in total. The van der Waals surface area contributed by atoms with E-state index in [4.69, 9.17) is 16.0 Å². The SMILES string of the molecule is Cc1cc(C)c(C(C(=O)O)N(C)S(=O)(=O)c2cc3oc(=O)[nH]c3cc2Cl)c(C)c1. The number of aromatic amines is 1. The number of fused-ring (bicyclic) bond motifs is 1. The molecule has 0 radical (unpaired) electrons. The van der Waals surface area contributed by atoms with Crippen LogP contribution in [0.4, 0.5) is 0 Å². The molecule has 2 aromatic carbocycles. The van der Waals surface area contributed by atoms with Gasteiger partial charge in [0.1, 0.15) is 10.9 Å². The van der Waals surface area contributed by atoms with Crippen molar-refractivity contribution in [1.29, 1.82) is 0 Å². The minimum absolute atomic E-state index is 0.000877. The van der Waals surface area contributed by atoms with Crippen molar-refractivity contribution in [2.24, 2.45) is 0 Å². The topological polar surface area (TPSA) is 121 Å². The second-order valence-electron chi connectivity index (χ2n) is 6.87. The Balaban J connectivity index is 2.18. The molecule has 0 aliphatic rings. The molecule has 1 aromatic heterocycles. The first-order chi connectivity index (χ1) is 13.4. The normalized spacial score (nSPS) is 13.2. The van der Waals surface area contributed by atoms with E-state index in [0.717, 1.165) is 15.9 Å². The summed E-state index contributed by atoms with van der Waals surface area (Å²) in [4.78, 5) is 25.5. The van der Waals surface area contributed by atoms with E-state index in [0.29, 0.717) is 16.7 Å². The number of hydrogen-bond acceptors (Lipinski definition) is 5. The smallest absolute Gasteiger partial charge is 0.417 e. The van der Waals surface area contributed by atoms with Gasteiger partial charge in [0, 0.05) is 13.1 Å². The molecule has 29 heavy (non-hydrogen) atoms. The van der Waals surface area contributed by atoms with Gasteiger partial charge in [-0.2, -0.15) is 4.31 Å². The molecule has 154 valence electrons. The predicted molar refractivity (Wildman–Crippen MR) is 108 cm³/mol. The van der Waals surface area contributed by atoms with E-state index < -0.39 is 27.8 Å². The van der Waals surface area contributed by atoms with Gasteiger partial charge >= 0.3 is 11.7 Å². The number of nitrogens with zero attached hydrogens (tertiary/aromatic N) is 1. The van der Waals surface area contributed by atoms with Crippen molar-refractivity contribution < 1.29 is 22.7 Å². The number of benzene rings is 2. The van der Waals surface area contributed by atoms with Gasteiger partial charge in [0.15, 0.2) is 5.58 Å². The van der Waals surface area contributed by atoms with Gasteiger partial charge in [-0.15, -0.1) is 0 Å². The van der Waals surface area contributed by atoms with Crippen LogP contribution in [0.15, 0.2) is 38.4 Å². The van der Waals surface area contributed by atoms with Crippen LogP contribution < -0.4 is 5.76 Å². The second kappa shape index (κ2) is 7.33. The first kappa shape index (κ1) is 21.1. The van der Waals surface area contributed by atoms with Crippen LogP contribution in [-0.4, -0.2) is 35.8 Å². The van der Waals surface area contributed by atoms with Crippen LogP contribution in [0.2, 0.25) is 5.02 Å². The number of carboxylic acid groups (broad SMARTS) is 1. The largest absolute Gasteiger partial charge is 0.480 e. The van der Waals surface area contributed by atoms with Gasteiger partial charge in [-0.3, -0.25) is 9.78 Å². The Morgan fingerprint density at radius 3 is 2.31 bits per heavy atom. The Morgan fingerprint density at radius 1 is 1.17 bits per heavy atom. The molecule has 0 fully saturated rings. The highest BCUT2D eigenvalue weighted by Crippen LogP contribution is 2.34. The molecule has 1 heterocycles. The number of aliphatic carboxylic acids is 1. The molecule has 3 rings (SSSR count). The highest BCUT2D eigenvalue weighted by Gasteiger charge is 2.37. The second-order valence-corrected chi connectivity index (χ2v) is 9.24. The summed E-state index contributed by atoms with van der Waals surface area (Å²) in [6.45, 7) is 5.35. The number of aryl methyl sites for hydroxylation is 3. The van der Waals surface area contributed by atoms with Crippen molar-refractivity contribution in [3.05, 3.63) is 62.1 Å². The zero-order chi connectivity index (χ0) is 21.7. The number of carbonyl (C=O) groups is 1. The number of oxazole rings is 1. The van der Waals surface area contributed by atoms with Gasteiger partial charge in [0.25, 0.3) is 0 Å². The average molecular weight is 439 g/mol. The minimum Gasteiger partial charge on any atom is -0.480 e. The first-order valence-corrected chi connectivity index (χ1v) is 10.4. The van der Waals surface area contributed by atoms with E-state index in [2.05, 4.69) is 4.98 Å². The molecule has 0 saturated heterocycles. The van der Waals surface area contributed by atoms with Crippen molar-refractivity contribution in [2.45, 2.75) is 31.7 Å². The molecule has 0 aliphatic carbocycles. The molecule has 0 aliphatic heterocycles. The molecule has 0 spiro atoms. The molecule has 0 bridgehead atoms. The fourth-order valence-corrected chi connectivity index (χ4v) is 5.33. The van der Waals surface area contributed by atoms with Crippen molar-refractivity contribution in [3.63, 3.8) is 0 Å². The molecular weight excluding hydrogens is 420 g/mol. The lowest BCUT2D eigenvalue weighted by Crippen LogP contribution is -2.37. The van der Waals surface area contributed by atoms with Crippen molar-refractivity contribution in [3.8, 4) is 0 Å². The Labute approximate surface area is 171 Å². The van der Waals surface area contributed by atoms with Gasteiger partial charge in [0.05, 0.1) is 10.5 Å². The fraction of sp³-hybridized carbons (Fsp3) is 0.263. The van der Waals surface area contributed by atoms with Crippen molar-refractivity contribution in [2.75, 3.05) is 7.05 Å². The Hall–Kier alpha value is -2.62. The maximum absolute atomic E-state index is 13.3. The number of H-pyrrole nitrogens is 1. The number of likely N-dealkylation sites (N-methyl/N-ethyl adjacent to an activating group) is 1. The van der Waals surface area contributed by atoms with Crippen LogP contribution in [0.3, 0.4) is 0 Å². The highest BCUT2D eigenvalue weighted by atomic mass is 35.5. The lowest BCUT2D eigenvalue weighted by molar-refractivity contribution is -0.141. The number of rotatable bonds is 5. The quantitative estimate of drug-likeness (QED) is 0.631. The summed E-state index contributed by atoms with van der Waals surface area (Å²) in [6.07, 6.45) is 0. The maximum atomic E-state index is 13.3. The Kier molecular flexibility index (Phi) is 5.33. The number of aromatic nitrogens is 1. The van der Waals surface area contributed by atoms with Crippen LogP contribution >= 0.6 is 11.6 Å². The van der Waals surface area contributed by atoms with E-state index in [-0.39, 0.29) is 21.0 Å². The summed E-state index contributed by atoms with van der Waals surface area (Å²) in [5.41, 5.74) is 2.89. The molecule has 0 amide bonds. The van der Waals surface area contributed by atoms with Gasteiger partial charge in [0.2, 0.25) is 10.0 Å². The lowest BCUT2D eigenvalue weighted by atomic mass is 9.94. The average Bonchev–Trinajstić information content (AvgIpc) is 2.95. The first-order valence-electron chi connectivity index (χ1n) is 8.54. The molecule has 1 atom stereocenters. The van der Waals surface area contributed by atoms with Crippen molar-refractivity contribution in [1.82, 2.24) is 9.29 Å². The lowest BCUT2D eigenvalue weighted by Gasteiger charge is -2.27. The third kappa shape index (κ3) is 3.68. The summed E-state index contributed by atoms with van der Waals surface area (Å²) in [5.74, 6) is -2.08. The molecule has 0 saturated carbocycles. The fourth-order valence-electron chi connectivity index (χ4n) is 3.53. The third-order valence-electron chi connectivity index (χ3n) is 4.74. The van der Waals surface area contributed by atoms with Gasteiger partial charge in [-0.1, -0.05) is 29.3 Å². The molecule has 3 aromatic rings. The minimum atomic E-state index is -4.34. The van der Waals surface area contributed by atoms with E-state index in [1.165, 1.54) is 13.1 Å². The van der Waals surface area contributed by atoms with E-state index in [1.54, 1.807) is 26.0 Å². The molecule has 8 nitrogen and oxygen atoms in total. The maximum Gasteiger partial charge on any atom is 0.417 e. The van der Waals surface area contributed by atoms with E-state index in [9.17, 15) is 23.1 Å². The summed E-state index contributed by atoms with van der Waals surface area (Å²) in [5, 5.41) is 9.70. The van der Waals surface area contributed by atoms with Gasteiger partial charge in [-0.25, -0.2) is 13.2 Å². The zero-order valence-electron chi connectivity index (χ0n) is 16.1. The number of carboxylic acids is 1. The Bertz CT molecular complexity index is 1270. The number of sulfonamides is 1. The van der Waals surface area contributed by atoms with Crippen LogP contribution in [-0.2, 0) is 14.8 Å². The summed E-state index contributed by atoms with van der Waals surface area (Å²) in [6, 6.07) is 4.49. The van der Waals surface area contributed by atoms with Crippen LogP contribution in [0.1, 0.15) is 28.3 Å². The third-order valence-corrected chi connectivity index (χ3v) is 7.03. The highest BCUT2D eigenvalue weighted by molar-refractivity contribution is 7.89. The van der Waals surface area contributed by atoms with Crippen molar-refractivity contribution >= 4 is 38.7 Å². The number of nitrogens with one attached hydrogen (secondary N) is 1. The van der Waals surface area contributed by atoms with E-state index in [1.807, 2.05) is 6.92 Å². The van der Waals surface area contributed by atoms with Crippen LogP contribution in [0.5, 0.6) is 0 Å². The van der Waals surface area contributed by atoms with Gasteiger partial charge in [-0.05, 0) is 43.5 Å².